The molecule has 0 aliphatic rings. The van der Waals surface area contributed by atoms with Crippen LogP contribution >= 0.6 is 0 Å². The highest BCUT2D eigenvalue weighted by Gasteiger charge is 2.18. The van der Waals surface area contributed by atoms with Gasteiger partial charge in [0.25, 0.3) is 0 Å². The Kier molecular flexibility index (Phi) is 5.42. The van der Waals surface area contributed by atoms with Crippen LogP contribution in [0.2, 0.25) is 0 Å². The maximum Gasteiger partial charge on any atom is 0.328 e. The predicted molar refractivity (Wildman–Crippen MR) is 69.4 cm³/mol. The monoisotopic (exact) mass is 299 g/mol. The number of nitrogens with one attached hydrogen (secondary N) is 1. The standard InChI is InChI=1S/C12H13NO6S/c14-8-10(12(16)17)13-11(15)6-7-20(18,19)9-4-2-1-3-5-9/h1-7,10,14H,8H2,(H,13,15)(H,16,17)/b7-6+/t10-/m0/s1. The highest BCUT2D eigenvalue weighted by atomic mass is 32.2. The first-order valence-corrected chi connectivity index (χ1v) is 7.04. The van der Waals surface area contributed by atoms with Gasteiger partial charge in [0.05, 0.1) is 11.5 Å². The maximum atomic E-state index is 11.8. The fourth-order valence-electron chi connectivity index (χ4n) is 1.25. The van der Waals surface area contributed by atoms with Gasteiger partial charge in [-0.1, -0.05) is 18.2 Å². The molecule has 0 heterocycles. The van der Waals surface area contributed by atoms with E-state index in [-0.39, 0.29) is 4.90 Å². The van der Waals surface area contributed by atoms with Crippen LogP contribution in [0.5, 0.6) is 0 Å². The van der Waals surface area contributed by atoms with Gasteiger partial charge >= 0.3 is 5.97 Å². The second-order valence-corrected chi connectivity index (χ2v) is 5.58. The summed E-state index contributed by atoms with van der Waals surface area (Å²) >= 11 is 0. The summed E-state index contributed by atoms with van der Waals surface area (Å²) in [5, 5.41) is 19.9. The number of amides is 1. The number of benzene rings is 1. The summed E-state index contributed by atoms with van der Waals surface area (Å²) in [5.41, 5.74) is 0. The van der Waals surface area contributed by atoms with E-state index < -0.39 is 34.4 Å². The maximum absolute atomic E-state index is 11.8. The van der Waals surface area contributed by atoms with E-state index in [1.54, 1.807) is 6.07 Å². The second kappa shape index (κ2) is 6.83. The Bertz CT molecular complexity index is 608. The molecule has 0 aliphatic carbocycles. The lowest BCUT2D eigenvalue weighted by atomic mass is 10.3. The Morgan fingerprint density at radius 2 is 1.85 bits per heavy atom. The van der Waals surface area contributed by atoms with E-state index in [4.69, 9.17) is 10.2 Å². The van der Waals surface area contributed by atoms with Crippen LogP contribution in [0.15, 0.2) is 46.7 Å². The minimum absolute atomic E-state index is 0.0148. The summed E-state index contributed by atoms with van der Waals surface area (Å²) in [6.07, 6.45) is 0.702. The molecule has 1 aromatic rings. The largest absolute Gasteiger partial charge is 0.480 e. The second-order valence-electron chi connectivity index (χ2n) is 3.74. The van der Waals surface area contributed by atoms with Crippen LogP contribution in [0, 0.1) is 0 Å². The number of aliphatic carboxylic acids is 1. The SMILES string of the molecule is O=C(/C=C/S(=O)(=O)c1ccccc1)N[C@@H](CO)C(=O)O. The van der Waals surface area contributed by atoms with Crippen molar-refractivity contribution in [2.75, 3.05) is 6.61 Å². The van der Waals surface area contributed by atoms with Gasteiger partial charge in [-0.25, -0.2) is 13.2 Å². The molecule has 0 spiro atoms. The molecule has 0 bridgehead atoms. The van der Waals surface area contributed by atoms with Crippen molar-refractivity contribution in [3.05, 3.63) is 41.8 Å². The molecule has 8 heteroatoms. The molecule has 0 aromatic heterocycles. The number of aliphatic hydroxyl groups excluding tert-OH is 1. The number of sulfone groups is 1. The Hall–Kier alpha value is -2.19. The molecule has 3 N–H and O–H groups in total. The van der Waals surface area contributed by atoms with Crippen LogP contribution < -0.4 is 5.32 Å². The molecule has 20 heavy (non-hydrogen) atoms. The van der Waals surface area contributed by atoms with Gasteiger partial charge in [0.2, 0.25) is 5.91 Å². The summed E-state index contributed by atoms with van der Waals surface area (Å²) < 4.78 is 23.6. The summed E-state index contributed by atoms with van der Waals surface area (Å²) in [5.74, 6) is -2.34. The number of rotatable bonds is 6. The van der Waals surface area contributed by atoms with Crippen molar-refractivity contribution >= 4 is 21.7 Å². The molecule has 0 fully saturated rings. The van der Waals surface area contributed by atoms with E-state index >= 15 is 0 Å². The van der Waals surface area contributed by atoms with Crippen molar-refractivity contribution < 1.29 is 28.2 Å². The molecular weight excluding hydrogens is 286 g/mol. The van der Waals surface area contributed by atoms with Crippen LogP contribution in [0.3, 0.4) is 0 Å². The molecule has 1 amide bonds. The van der Waals surface area contributed by atoms with E-state index in [2.05, 4.69) is 0 Å². The van der Waals surface area contributed by atoms with E-state index in [9.17, 15) is 18.0 Å². The molecule has 1 aromatic carbocycles. The fourth-order valence-corrected chi connectivity index (χ4v) is 2.24. The molecule has 108 valence electrons. The smallest absolute Gasteiger partial charge is 0.328 e. The Morgan fingerprint density at radius 1 is 1.25 bits per heavy atom. The molecule has 0 radical (unpaired) electrons. The van der Waals surface area contributed by atoms with Gasteiger partial charge in [0.1, 0.15) is 0 Å². The van der Waals surface area contributed by atoms with E-state index in [0.717, 1.165) is 0 Å². The minimum atomic E-state index is -3.77. The lowest BCUT2D eigenvalue weighted by molar-refractivity contribution is -0.142. The van der Waals surface area contributed by atoms with Crippen LogP contribution in [-0.2, 0) is 19.4 Å². The summed E-state index contributed by atoms with van der Waals surface area (Å²) in [7, 11) is -3.77. The van der Waals surface area contributed by atoms with Crippen LogP contribution in [-0.4, -0.2) is 43.2 Å². The summed E-state index contributed by atoms with van der Waals surface area (Å²) in [4.78, 5) is 21.9. The molecule has 7 nitrogen and oxygen atoms in total. The quantitative estimate of drug-likeness (QED) is 0.611. The third kappa shape index (κ3) is 4.48. The minimum Gasteiger partial charge on any atom is -0.480 e. The lowest BCUT2D eigenvalue weighted by Crippen LogP contribution is -2.42. The van der Waals surface area contributed by atoms with E-state index in [0.29, 0.717) is 11.5 Å². The number of aliphatic hydroxyl groups is 1. The average molecular weight is 299 g/mol. The van der Waals surface area contributed by atoms with Gasteiger partial charge in [-0.15, -0.1) is 0 Å². The van der Waals surface area contributed by atoms with Crippen molar-refractivity contribution in [2.45, 2.75) is 10.9 Å². The summed E-state index contributed by atoms with van der Waals surface area (Å²) in [6.45, 7) is -0.791. The van der Waals surface area contributed by atoms with Crippen molar-refractivity contribution in [3.63, 3.8) is 0 Å². The van der Waals surface area contributed by atoms with Crippen molar-refractivity contribution in [3.8, 4) is 0 Å². The van der Waals surface area contributed by atoms with Crippen molar-refractivity contribution in [1.82, 2.24) is 5.32 Å². The van der Waals surface area contributed by atoms with Crippen molar-refractivity contribution in [2.24, 2.45) is 0 Å². The van der Waals surface area contributed by atoms with Crippen molar-refractivity contribution in [1.29, 1.82) is 0 Å². The normalized spacial score (nSPS) is 13.1. The van der Waals surface area contributed by atoms with Gasteiger partial charge in [-0.05, 0) is 12.1 Å². The number of carbonyl (C=O) groups excluding carboxylic acids is 1. The molecule has 0 aliphatic heterocycles. The summed E-state index contributed by atoms with van der Waals surface area (Å²) in [6, 6.07) is 5.97. The average Bonchev–Trinajstić information content (AvgIpc) is 2.43. The highest BCUT2D eigenvalue weighted by Crippen LogP contribution is 2.10. The number of hydrogen-bond acceptors (Lipinski definition) is 5. The Morgan fingerprint density at radius 3 is 2.35 bits per heavy atom. The first-order chi connectivity index (χ1) is 9.36. The zero-order chi connectivity index (χ0) is 15.2. The number of carbonyl (C=O) groups is 2. The molecule has 1 atom stereocenters. The van der Waals surface area contributed by atoms with E-state index in [1.807, 2.05) is 5.32 Å². The number of hydrogen-bond donors (Lipinski definition) is 3. The highest BCUT2D eigenvalue weighted by molar-refractivity contribution is 7.94. The Balaban J connectivity index is 2.77. The van der Waals surface area contributed by atoms with Crippen LogP contribution in [0.4, 0.5) is 0 Å². The third-order valence-electron chi connectivity index (χ3n) is 2.27. The van der Waals surface area contributed by atoms with Gasteiger partial charge < -0.3 is 15.5 Å². The van der Waals surface area contributed by atoms with Gasteiger partial charge in [-0.2, -0.15) is 0 Å². The lowest BCUT2D eigenvalue weighted by Gasteiger charge is -2.09. The van der Waals surface area contributed by atoms with Crippen LogP contribution in [0.1, 0.15) is 0 Å². The zero-order valence-electron chi connectivity index (χ0n) is 10.3. The van der Waals surface area contributed by atoms with Gasteiger partial charge in [0.15, 0.2) is 15.9 Å². The third-order valence-corrected chi connectivity index (χ3v) is 3.69. The van der Waals surface area contributed by atoms with E-state index in [1.165, 1.54) is 24.3 Å². The number of carboxylic acid groups (broad SMARTS) is 1. The topological polar surface area (TPSA) is 121 Å². The molecule has 0 saturated heterocycles. The zero-order valence-corrected chi connectivity index (χ0v) is 11.1. The number of carboxylic acids is 1. The molecular formula is C12H13NO6S. The van der Waals surface area contributed by atoms with Gasteiger partial charge in [-0.3, -0.25) is 4.79 Å². The molecule has 1 rings (SSSR count). The predicted octanol–water partition coefficient (Wildman–Crippen LogP) is -0.464. The molecule has 0 unspecified atom stereocenters. The fraction of sp³-hybridized carbons (Fsp3) is 0.167. The molecule has 0 saturated carbocycles. The first-order valence-electron chi connectivity index (χ1n) is 5.49. The van der Waals surface area contributed by atoms with Gasteiger partial charge in [0, 0.05) is 11.5 Å². The Labute approximate surface area is 115 Å². The van der Waals surface area contributed by atoms with Crippen LogP contribution in [0.25, 0.3) is 0 Å². The first kappa shape index (κ1) is 15.9.